The molecule has 37 heavy (non-hydrogen) atoms. The van der Waals surface area contributed by atoms with Crippen LogP contribution in [0, 0.1) is 18.3 Å². The van der Waals surface area contributed by atoms with Crippen LogP contribution in [0.5, 0.6) is 0 Å². The lowest BCUT2D eigenvalue weighted by molar-refractivity contribution is -0.114. The van der Waals surface area contributed by atoms with Crippen molar-refractivity contribution in [2.45, 2.75) is 19.8 Å². The Morgan fingerprint density at radius 1 is 0.973 bits per heavy atom. The van der Waals surface area contributed by atoms with Crippen molar-refractivity contribution >= 4 is 46.6 Å². The summed E-state index contributed by atoms with van der Waals surface area (Å²) in [6.45, 7) is 3.73. The molecule has 186 valence electrons. The summed E-state index contributed by atoms with van der Waals surface area (Å²) in [5.41, 5.74) is 4.55. The topological polar surface area (TPSA) is 94.0 Å². The Bertz CT molecular complexity index is 1430. The number of rotatable bonds is 7. The van der Waals surface area contributed by atoms with Crippen LogP contribution in [0.4, 0.5) is 11.4 Å². The lowest BCUT2D eigenvalue weighted by Gasteiger charge is -2.30. The predicted octanol–water partition coefficient (Wildman–Crippen LogP) is 6.36. The average molecular weight is 529 g/mol. The summed E-state index contributed by atoms with van der Waals surface area (Å²) < 4.78 is 0. The van der Waals surface area contributed by atoms with Crippen LogP contribution >= 0.6 is 23.4 Å². The van der Waals surface area contributed by atoms with Gasteiger partial charge in [-0.25, -0.2) is 0 Å². The molecule has 3 aromatic rings. The molecule has 1 heterocycles. The number of carbonyl (C=O) groups is 2. The van der Waals surface area contributed by atoms with Gasteiger partial charge < -0.3 is 16.0 Å². The number of nitrogens with zero attached hydrogens (tertiary/aromatic N) is 1. The van der Waals surface area contributed by atoms with Crippen LogP contribution < -0.4 is 16.0 Å². The maximum Gasteiger partial charge on any atom is 0.254 e. The largest absolute Gasteiger partial charge is 0.353 e. The third-order valence-corrected chi connectivity index (χ3v) is 7.16. The van der Waals surface area contributed by atoms with E-state index in [2.05, 4.69) is 22.0 Å². The highest BCUT2D eigenvalue weighted by Gasteiger charge is 2.34. The lowest BCUT2D eigenvalue weighted by Crippen LogP contribution is -2.31. The highest BCUT2D eigenvalue weighted by atomic mass is 35.5. The SMILES string of the molecule is CC1=C(C(=O)Nc2ccc(Cl)cc2)C(c2ccccc2)C(C#N)=C(SCC(=O)Nc2ccccc2C)N1. The van der Waals surface area contributed by atoms with Crippen LogP contribution in [0.15, 0.2) is 101 Å². The molecule has 8 heteroatoms. The van der Waals surface area contributed by atoms with Crippen LogP contribution in [0.2, 0.25) is 5.02 Å². The predicted molar refractivity (Wildman–Crippen MR) is 150 cm³/mol. The first-order valence-corrected chi connectivity index (χ1v) is 13.0. The van der Waals surface area contributed by atoms with E-state index < -0.39 is 5.92 Å². The van der Waals surface area contributed by atoms with Gasteiger partial charge in [0.15, 0.2) is 0 Å². The summed E-state index contributed by atoms with van der Waals surface area (Å²) >= 11 is 7.22. The number of hydrogen-bond acceptors (Lipinski definition) is 5. The van der Waals surface area contributed by atoms with Gasteiger partial charge in [-0.05, 0) is 55.3 Å². The number of thioether (sulfide) groups is 1. The van der Waals surface area contributed by atoms with E-state index in [-0.39, 0.29) is 17.6 Å². The standard InChI is InChI=1S/C29H25ClN4O2S/c1-18-8-6-7-11-24(18)34-25(35)17-37-29-23(16-31)27(20-9-4-3-5-10-20)26(19(2)32-29)28(36)33-22-14-12-21(30)13-15-22/h3-15,27,32H,17H2,1-2H3,(H,33,36)(H,34,35). The van der Waals surface area contributed by atoms with E-state index in [4.69, 9.17) is 11.6 Å². The number of anilines is 2. The van der Waals surface area contributed by atoms with Crippen LogP contribution in [0.3, 0.4) is 0 Å². The van der Waals surface area contributed by atoms with Crippen molar-refractivity contribution < 1.29 is 9.59 Å². The summed E-state index contributed by atoms with van der Waals surface area (Å²) in [6.07, 6.45) is 0. The zero-order chi connectivity index (χ0) is 26.4. The molecule has 0 aliphatic carbocycles. The minimum absolute atomic E-state index is 0.100. The molecule has 0 bridgehead atoms. The van der Waals surface area contributed by atoms with Gasteiger partial charge >= 0.3 is 0 Å². The van der Waals surface area contributed by atoms with Gasteiger partial charge in [0.25, 0.3) is 5.91 Å². The van der Waals surface area contributed by atoms with E-state index in [0.29, 0.717) is 32.6 Å². The minimum atomic E-state index is -0.596. The Morgan fingerprint density at radius 3 is 2.32 bits per heavy atom. The third kappa shape index (κ3) is 6.23. The first-order chi connectivity index (χ1) is 17.9. The molecule has 6 nitrogen and oxygen atoms in total. The first kappa shape index (κ1) is 26.1. The van der Waals surface area contributed by atoms with Gasteiger partial charge in [0, 0.05) is 27.7 Å². The van der Waals surface area contributed by atoms with Gasteiger partial charge in [0.2, 0.25) is 5.91 Å². The van der Waals surface area contributed by atoms with Crippen LogP contribution in [0.25, 0.3) is 0 Å². The third-order valence-electron chi connectivity index (χ3n) is 5.89. The van der Waals surface area contributed by atoms with E-state index in [1.165, 1.54) is 11.8 Å². The van der Waals surface area contributed by atoms with Crippen LogP contribution in [0.1, 0.15) is 24.0 Å². The summed E-state index contributed by atoms with van der Waals surface area (Å²) in [4.78, 5) is 26.2. The number of nitrogens with one attached hydrogen (secondary N) is 3. The summed E-state index contributed by atoms with van der Waals surface area (Å²) in [6, 6.07) is 26.1. The molecule has 0 radical (unpaired) electrons. The van der Waals surface area contributed by atoms with Crippen molar-refractivity contribution in [2.75, 3.05) is 16.4 Å². The highest BCUT2D eigenvalue weighted by molar-refractivity contribution is 8.03. The molecule has 4 rings (SSSR count). The second-order valence-corrected chi connectivity index (χ2v) is 9.90. The van der Waals surface area contributed by atoms with Crippen molar-refractivity contribution in [3.05, 3.63) is 117 Å². The van der Waals surface area contributed by atoms with Crippen molar-refractivity contribution in [3.63, 3.8) is 0 Å². The van der Waals surface area contributed by atoms with Gasteiger partial charge in [-0.2, -0.15) is 5.26 Å². The maximum absolute atomic E-state index is 13.5. The molecule has 0 aromatic heterocycles. The van der Waals surface area contributed by atoms with E-state index in [1.807, 2.05) is 61.5 Å². The van der Waals surface area contributed by atoms with Gasteiger partial charge in [-0.1, -0.05) is 71.9 Å². The molecule has 3 aromatic carbocycles. The van der Waals surface area contributed by atoms with Crippen molar-refractivity contribution in [1.82, 2.24) is 5.32 Å². The fraction of sp³-hybridized carbons (Fsp3) is 0.138. The van der Waals surface area contributed by atoms with E-state index in [9.17, 15) is 14.9 Å². The van der Waals surface area contributed by atoms with Crippen LogP contribution in [-0.4, -0.2) is 17.6 Å². The molecular formula is C29H25ClN4O2S. The molecule has 1 aliphatic heterocycles. The summed E-state index contributed by atoms with van der Waals surface area (Å²) in [5, 5.41) is 20.4. The van der Waals surface area contributed by atoms with Gasteiger partial charge in [-0.3, -0.25) is 9.59 Å². The van der Waals surface area contributed by atoms with Crippen LogP contribution in [-0.2, 0) is 9.59 Å². The maximum atomic E-state index is 13.5. The molecule has 1 atom stereocenters. The monoisotopic (exact) mass is 528 g/mol. The molecule has 3 N–H and O–H groups in total. The molecule has 1 unspecified atom stereocenters. The lowest BCUT2D eigenvalue weighted by atomic mass is 9.82. The molecule has 0 spiro atoms. The number of dihydropyridines is 1. The number of carbonyl (C=O) groups excluding carboxylic acids is 2. The number of halogens is 1. The Morgan fingerprint density at radius 2 is 1.65 bits per heavy atom. The van der Waals surface area contributed by atoms with Gasteiger partial charge in [0.05, 0.1) is 28.3 Å². The number of benzene rings is 3. The Hall–Kier alpha value is -3.99. The van der Waals surface area contributed by atoms with E-state index >= 15 is 0 Å². The summed E-state index contributed by atoms with van der Waals surface area (Å²) in [7, 11) is 0. The van der Waals surface area contributed by atoms with E-state index in [0.717, 1.165) is 16.8 Å². The number of para-hydroxylation sites is 1. The highest BCUT2D eigenvalue weighted by Crippen LogP contribution is 2.41. The number of aryl methyl sites for hydroxylation is 1. The average Bonchev–Trinajstić information content (AvgIpc) is 2.90. The zero-order valence-electron chi connectivity index (χ0n) is 20.3. The zero-order valence-corrected chi connectivity index (χ0v) is 21.9. The van der Waals surface area contributed by atoms with Gasteiger partial charge in [-0.15, -0.1) is 0 Å². The quantitative estimate of drug-likeness (QED) is 0.332. The number of hydrogen-bond donors (Lipinski definition) is 3. The number of allylic oxidation sites excluding steroid dienone is 2. The molecule has 0 saturated carbocycles. The molecule has 2 amide bonds. The Labute approximate surface area is 225 Å². The van der Waals surface area contributed by atoms with E-state index in [1.54, 1.807) is 31.2 Å². The van der Waals surface area contributed by atoms with Crippen molar-refractivity contribution in [3.8, 4) is 6.07 Å². The number of amides is 2. The van der Waals surface area contributed by atoms with Crippen molar-refractivity contribution in [2.24, 2.45) is 0 Å². The molecule has 0 fully saturated rings. The molecule has 1 aliphatic rings. The smallest absolute Gasteiger partial charge is 0.254 e. The number of nitriles is 1. The fourth-order valence-electron chi connectivity index (χ4n) is 4.08. The Kier molecular flexibility index (Phi) is 8.34. The fourth-order valence-corrected chi connectivity index (χ4v) is 5.09. The Balaban J connectivity index is 1.61. The summed E-state index contributed by atoms with van der Waals surface area (Å²) in [5.74, 6) is -1.00. The first-order valence-electron chi connectivity index (χ1n) is 11.6. The molecular weight excluding hydrogens is 504 g/mol. The second kappa shape index (κ2) is 11.8. The molecule has 0 saturated heterocycles. The normalized spacial score (nSPS) is 15.0. The van der Waals surface area contributed by atoms with Gasteiger partial charge in [0.1, 0.15) is 0 Å². The van der Waals surface area contributed by atoms with Crippen molar-refractivity contribution in [1.29, 1.82) is 5.26 Å². The second-order valence-electron chi connectivity index (χ2n) is 8.47. The minimum Gasteiger partial charge on any atom is -0.353 e.